The van der Waals surface area contributed by atoms with Crippen LogP contribution >= 0.6 is 11.6 Å². The highest BCUT2D eigenvalue weighted by Gasteiger charge is 2.32. The van der Waals surface area contributed by atoms with Crippen molar-refractivity contribution >= 4 is 11.6 Å². The molecule has 1 aromatic carbocycles. The summed E-state index contributed by atoms with van der Waals surface area (Å²) < 4.78 is 39.5. The van der Waals surface area contributed by atoms with Gasteiger partial charge in [0.15, 0.2) is 0 Å². The van der Waals surface area contributed by atoms with Gasteiger partial charge in [0.25, 0.3) is 0 Å². The topological polar surface area (TPSA) is 59.0 Å². The smallest absolute Gasteiger partial charge is 0.404 e. The minimum absolute atomic E-state index is 0.0514. The monoisotopic (exact) mass is 264 g/mol. The van der Waals surface area contributed by atoms with Crippen molar-refractivity contribution in [3.05, 3.63) is 28.8 Å². The first-order chi connectivity index (χ1) is 7.83. The molecule has 0 unspecified atom stereocenters. The van der Waals surface area contributed by atoms with Crippen molar-refractivity contribution < 1.29 is 17.9 Å². The van der Waals surface area contributed by atoms with Crippen LogP contribution in [0.15, 0.2) is 18.2 Å². The van der Waals surface area contributed by atoms with Gasteiger partial charge in [-0.2, -0.15) is 5.26 Å². The van der Waals surface area contributed by atoms with Crippen molar-refractivity contribution in [2.24, 2.45) is 5.73 Å². The summed E-state index contributed by atoms with van der Waals surface area (Å²) in [5, 5.41) is 8.24. The van der Waals surface area contributed by atoms with E-state index in [1.807, 2.05) is 6.07 Å². The van der Waals surface area contributed by atoms with Gasteiger partial charge in [-0.25, -0.2) is 0 Å². The first-order valence-corrected chi connectivity index (χ1v) is 4.89. The van der Waals surface area contributed by atoms with Crippen LogP contribution in [0.3, 0.4) is 0 Å². The molecule has 1 atom stereocenters. The Morgan fingerprint density at radius 1 is 1.47 bits per heavy atom. The number of nitrogens with zero attached hydrogens (tertiary/aromatic N) is 1. The Balaban J connectivity index is 2.91. The molecule has 1 aromatic rings. The van der Waals surface area contributed by atoms with Gasteiger partial charge in [-0.3, -0.25) is 0 Å². The molecule has 17 heavy (non-hydrogen) atoms. The van der Waals surface area contributed by atoms with Crippen molar-refractivity contribution in [3.63, 3.8) is 0 Å². The van der Waals surface area contributed by atoms with Crippen molar-refractivity contribution in [1.82, 2.24) is 0 Å². The van der Waals surface area contributed by atoms with Crippen molar-refractivity contribution in [1.29, 1.82) is 5.26 Å². The number of hydrogen-bond acceptors (Lipinski definition) is 3. The van der Waals surface area contributed by atoms with Crippen LogP contribution in [0.4, 0.5) is 13.2 Å². The van der Waals surface area contributed by atoms with Crippen molar-refractivity contribution in [2.75, 3.05) is 0 Å². The third-order valence-electron chi connectivity index (χ3n) is 1.92. The SMILES string of the molecule is N#CC[C@H](N)c1ccc(OC(F)(F)F)c(Cl)c1. The van der Waals surface area contributed by atoms with Crippen LogP contribution in [0.2, 0.25) is 5.02 Å². The molecule has 0 radical (unpaired) electrons. The maximum absolute atomic E-state index is 12.0. The van der Waals surface area contributed by atoms with E-state index < -0.39 is 18.2 Å². The number of nitriles is 1. The Morgan fingerprint density at radius 2 is 2.12 bits per heavy atom. The van der Waals surface area contributed by atoms with Gasteiger partial charge in [-0.15, -0.1) is 13.2 Å². The summed E-state index contributed by atoms with van der Waals surface area (Å²) in [7, 11) is 0. The average Bonchev–Trinajstić information content (AvgIpc) is 2.19. The summed E-state index contributed by atoms with van der Waals surface area (Å²) in [6.45, 7) is 0. The summed E-state index contributed by atoms with van der Waals surface area (Å²) in [6.07, 6.45) is -4.74. The molecule has 0 aliphatic heterocycles. The maximum Gasteiger partial charge on any atom is 0.573 e. The molecule has 0 spiro atoms. The van der Waals surface area contributed by atoms with Gasteiger partial charge in [-0.1, -0.05) is 17.7 Å². The van der Waals surface area contributed by atoms with Crippen LogP contribution < -0.4 is 10.5 Å². The highest BCUT2D eigenvalue weighted by molar-refractivity contribution is 6.32. The minimum atomic E-state index is -4.79. The minimum Gasteiger partial charge on any atom is -0.404 e. The molecule has 1 rings (SSSR count). The fraction of sp³-hybridized carbons (Fsp3) is 0.300. The Morgan fingerprint density at radius 3 is 2.59 bits per heavy atom. The van der Waals surface area contributed by atoms with E-state index in [-0.39, 0.29) is 11.4 Å². The highest BCUT2D eigenvalue weighted by atomic mass is 35.5. The summed E-state index contributed by atoms with van der Waals surface area (Å²) in [4.78, 5) is 0. The quantitative estimate of drug-likeness (QED) is 0.912. The van der Waals surface area contributed by atoms with Gasteiger partial charge < -0.3 is 10.5 Å². The van der Waals surface area contributed by atoms with E-state index in [2.05, 4.69) is 4.74 Å². The molecule has 0 saturated carbocycles. The lowest BCUT2D eigenvalue weighted by Gasteiger charge is -2.13. The Hall–Kier alpha value is -1.45. The molecule has 0 heterocycles. The second-order valence-corrected chi connectivity index (χ2v) is 3.61. The summed E-state index contributed by atoms with van der Waals surface area (Å²) >= 11 is 5.62. The van der Waals surface area contributed by atoms with E-state index in [9.17, 15) is 13.2 Å². The van der Waals surface area contributed by atoms with Gasteiger partial charge in [-0.05, 0) is 17.7 Å². The van der Waals surface area contributed by atoms with E-state index in [1.54, 1.807) is 0 Å². The zero-order valence-electron chi connectivity index (χ0n) is 8.46. The molecular formula is C10H8ClF3N2O. The molecule has 3 nitrogen and oxygen atoms in total. The number of benzene rings is 1. The van der Waals surface area contributed by atoms with E-state index in [1.165, 1.54) is 12.1 Å². The van der Waals surface area contributed by atoms with Gasteiger partial charge in [0, 0.05) is 6.04 Å². The third kappa shape index (κ3) is 4.13. The van der Waals surface area contributed by atoms with Gasteiger partial charge in [0.2, 0.25) is 0 Å². The molecule has 0 aromatic heterocycles. The number of alkyl halides is 3. The first kappa shape index (κ1) is 13.6. The predicted molar refractivity (Wildman–Crippen MR) is 55.3 cm³/mol. The van der Waals surface area contributed by atoms with Crippen LogP contribution in [0, 0.1) is 11.3 Å². The summed E-state index contributed by atoms with van der Waals surface area (Å²) in [5.41, 5.74) is 6.09. The Labute approximate surface area is 101 Å². The molecular weight excluding hydrogens is 257 g/mol. The van der Waals surface area contributed by atoms with E-state index in [4.69, 9.17) is 22.6 Å². The zero-order chi connectivity index (χ0) is 13.1. The van der Waals surface area contributed by atoms with Gasteiger partial charge in [0.05, 0.1) is 17.5 Å². The number of hydrogen-bond donors (Lipinski definition) is 1. The standard InChI is InChI=1S/C10H8ClF3N2O/c11-7-5-6(8(16)3-4-15)1-2-9(7)17-10(12,13)14/h1-2,5,8H,3,16H2/t8-/m0/s1. The largest absolute Gasteiger partial charge is 0.573 e. The van der Waals surface area contributed by atoms with E-state index in [0.29, 0.717) is 5.56 Å². The zero-order valence-corrected chi connectivity index (χ0v) is 9.22. The van der Waals surface area contributed by atoms with Crippen LogP contribution in [0.1, 0.15) is 18.0 Å². The maximum atomic E-state index is 12.0. The fourth-order valence-electron chi connectivity index (χ4n) is 1.17. The van der Waals surface area contributed by atoms with Crippen LogP contribution in [-0.4, -0.2) is 6.36 Å². The first-order valence-electron chi connectivity index (χ1n) is 4.51. The molecule has 0 aliphatic rings. The molecule has 0 aliphatic carbocycles. The average molecular weight is 265 g/mol. The van der Waals surface area contributed by atoms with E-state index in [0.717, 1.165) is 6.07 Å². The lowest BCUT2D eigenvalue weighted by atomic mass is 10.1. The van der Waals surface area contributed by atoms with E-state index >= 15 is 0 Å². The molecule has 0 bridgehead atoms. The second-order valence-electron chi connectivity index (χ2n) is 3.21. The Kier molecular flexibility index (Phi) is 4.21. The lowest BCUT2D eigenvalue weighted by molar-refractivity contribution is -0.274. The van der Waals surface area contributed by atoms with Crippen LogP contribution in [0.5, 0.6) is 5.75 Å². The molecule has 7 heteroatoms. The van der Waals surface area contributed by atoms with Gasteiger partial charge >= 0.3 is 6.36 Å². The van der Waals surface area contributed by atoms with Crippen LogP contribution in [0.25, 0.3) is 0 Å². The lowest BCUT2D eigenvalue weighted by Crippen LogP contribution is -2.17. The summed E-state index contributed by atoms with van der Waals surface area (Å²) in [5.74, 6) is -0.493. The second kappa shape index (κ2) is 5.25. The summed E-state index contributed by atoms with van der Waals surface area (Å²) in [6, 6.07) is 4.94. The van der Waals surface area contributed by atoms with Crippen LogP contribution in [-0.2, 0) is 0 Å². The number of ether oxygens (including phenoxy) is 1. The fourth-order valence-corrected chi connectivity index (χ4v) is 1.40. The molecule has 0 amide bonds. The number of rotatable bonds is 3. The molecule has 2 N–H and O–H groups in total. The molecule has 92 valence electrons. The number of halogens is 4. The number of nitrogens with two attached hydrogens (primary N) is 1. The van der Waals surface area contributed by atoms with Gasteiger partial charge in [0.1, 0.15) is 5.75 Å². The normalized spacial score (nSPS) is 12.9. The van der Waals surface area contributed by atoms with Crippen molar-refractivity contribution in [2.45, 2.75) is 18.8 Å². The third-order valence-corrected chi connectivity index (χ3v) is 2.22. The predicted octanol–water partition coefficient (Wildman–Crippen LogP) is 3.15. The van der Waals surface area contributed by atoms with Crippen molar-refractivity contribution in [3.8, 4) is 11.8 Å². The Bertz CT molecular complexity index is 442. The highest BCUT2D eigenvalue weighted by Crippen LogP contribution is 2.32. The molecule has 0 fully saturated rings. The molecule has 0 saturated heterocycles.